The van der Waals surface area contributed by atoms with Crippen molar-refractivity contribution in [2.24, 2.45) is 11.8 Å². The van der Waals surface area contributed by atoms with E-state index < -0.39 is 0 Å². The number of hydrogen-bond donors (Lipinski definition) is 2. The predicted octanol–water partition coefficient (Wildman–Crippen LogP) is 1.27. The molecule has 0 bridgehead atoms. The van der Waals surface area contributed by atoms with Crippen molar-refractivity contribution in [1.82, 2.24) is 10.6 Å². The molecule has 0 aromatic rings. The van der Waals surface area contributed by atoms with Crippen molar-refractivity contribution in [2.75, 3.05) is 7.05 Å². The minimum Gasteiger partial charge on any atom is -0.366 e. The van der Waals surface area contributed by atoms with E-state index in [1.54, 1.807) is 0 Å². The first-order valence-electron chi connectivity index (χ1n) is 4.81. The average Bonchev–Trinajstić information content (AvgIpc) is 2.80. The molecule has 2 saturated carbocycles. The number of nitrogens with one attached hydrogen (secondary N) is 2. The summed E-state index contributed by atoms with van der Waals surface area (Å²) in [5.41, 5.74) is 0. The van der Waals surface area contributed by atoms with Gasteiger partial charge >= 0.3 is 0 Å². The molecule has 12 heavy (non-hydrogen) atoms. The molecule has 0 spiro atoms. The fourth-order valence-corrected chi connectivity index (χ4v) is 2.57. The van der Waals surface area contributed by atoms with Gasteiger partial charge in [-0.05, 0) is 36.9 Å². The Morgan fingerprint density at radius 2 is 1.83 bits per heavy atom. The third-order valence-corrected chi connectivity index (χ3v) is 3.50. The molecule has 3 heteroatoms. The molecule has 0 aromatic heterocycles. The Hall–Kier alpha value is -0.310. The molecule has 68 valence electrons. The third kappa shape index (κ3) is 1.42. The van der Waals surface area contributed by atoms with Crippen LogP contribution in [0.3, 0.4) is 0 Å². The van der Waals surface area contributed by atoms with Crippen molar-refractivity contribution in [3.63, 3.8) is 0 Å². The zero-order valence-electron chi connectivity index (χ0n) is 7.47. The fourth-order valence-electron chi connectivity index (χ4n) is 2.43. The quantitative estimate of drug-likeness (QED) is 0.600. The van der Waals surface area contributed by atoms with Crippen molar-refractivity contribution in [3.8, 4) is 0 Å². The summed E-state index contributed by atoms with van der Waals surface area (Å²) in [5.74, 6) is 1.87. The van der Waals surface area contributed by atoms with Crippen LogP contribution in [0.2, 0.25) is 0 Å². The smallest absolute Gasteiger partial charge is 0.166 e. The van der Waals surface area contributed by atoms with Crippen LogP contribution in [0, 0.1) is 11.8 Å². The Morgan fingerprint density at radius 3 is 2.33 bits per heavy atom. The maximum absolute atomic E-state index is 5.07. The maximum atomic E-state index is 5.07. The molecule has 0 amide bonds. The molecular weight excluding hydrogens is 168 g/mol. The van der Waals surface area contributed by atoms with Gasteiger partial charge in [-0.2, -0.15) is 0 Å². The molecule has 2 atom stereocenters. The number of fused-ring (bicyclic) bond motifs is 1. The van der Waals surface area contributed by atoms with E-state index in [1.807, 2.05) is 7.05 Å². The molecular formula is C9H16N2S. The van der Waals surface area contributed by atoms with Crippen molar-refractivity contribution in [3.05, 3.63) is 0 Å². The van der Waals surface area contributed by atoms with Gasteiger partial charge < -0.3 is 10.6 Å². The molecule has 0 heterocycles. The summed E-state index contributed by atoms with van der Waals surface area (Å²) in [4.78, 5) is 0. The van der Waals surface area contributed by atoms with E-state index >= 15 is 0 Å². The van der Waals surface area contributed by atoms with Gasteiger partial charge in [-0.3, -0.25) is 0 Å². The molecule has 2 fully saturated rings. The van der Waals surface area contributed by atoms with Gasteiger partial charge in [0.25, 0.3) is 0 Å². The van der Waals surface area contributed by atoms with Crippen LogP contribution in [0.4, 0.5) is 0 Å². The Balaban J connectivity index is 1.81. The van der Waals surface area contributed by atoms with Crippen LogP contribution in [0.25, 0.3) is 0 Å². The zero-order valence-corrected chi connectivity index (χ0v) is 8.29. The van der Waals surface area contributed by atoms with Crippen molar-refractivity contribution in [2.45, 2.75) is 31.7 Å². The highest BCUT2D eigenvalue weighted by molar-refractivity contribution is 7.80. The van der Waals surface area contributed by atoms with Gasteiger partial charge in [0.1, 0.15) is 0 Å². The molecule has 0 aliphatic heterocycles. The lowest BCUT2D eigenvalue weighted by Gasteiger charge is -2.04. The molecule has 2 nitrogen and oxygen atoms in total. The molecule has 2 rings (SSSR count). The average molecular weight is 184 g/mol. The maximum Gasteiger partial charge on any atom is 0.166 e. The summed E-state index contributed by atoms with van der Waals surface area (Å²) >= 11 is 5.07. The van der Waals surface area contributed by atoms with Crippen LogP contribution in [0.1, 0.15) is 25.7 Å². The summed E-state index contributed by atoms with van der Waals surface area (Å²) in [7, 11) is 1.88. The first-order chi connectivity index (χ1) is 5.83. The second kappa shape index (κ2) is 3.21. The van der Waals surface area contributed by atoms with Crippen molar-refractivity contribution >= 4 is 17.3 Å². The zero-order chi connectivity index (χ0) is 8.55. The number of hydrogen-bond acceptors (Lipinski definition) is 1. The molecule has 2 aliphatic carbocycles. The van der Waals surface area contributed by atoms with E-state index in [0.717, 1.165) is 16.9 Å². The second-order valence-corrected chi connectivity index (χ2v) is 4.27. The highest BCUT2D eigenvalue weighted by Crippen LogP contribution is 2.49. The summed E-state index contributed by atoms with van der Waals surface area (Å²) in [6.45, 7) is 0. The van der Waals surface area contributed by atoms with Gasteiger partial charge in [0.05, 0.1) is 0 Å². The van der Waals surface area contributed by atoms with Crippen LogP contribution < -0.4 is 10.6 Å². The summed E-state index contributed by atoms with van der Waals surface area (Å²) in [5, 5.41) is 7.15. The second-order valence-electron chi connectivity index (χ2n) is 3.86. The van der Waals surface area contributed by atoms with Crippen LogP contribution in [0.15, 0.2) is 0 Å². The van der Waals surface area contributed by atoms with Crippen LogP contribution in [-0.2, 0) is 0 Å². The first kappa shape index (κ1) is 8.30. The van der Waals surface area contributed by atoms with Crippen LogP contribution >= 0.6 is 12.2 Å². The van der Waals surface area contributed by atoms with Gasteiger partial charge in [-0.15, -0.1) is 0 Å². The lowest BCUT2D eigenvalue weighted by atomic mass is 10.0. The van der Waals surface area contributed by atoms with E-state index in [4.69, 9.17) is 12.2 Å². The number of rotatable bonds is 1. The van der Waals surface area contributed by atoms with Crippen LogP contribution in [-0.4, -0.2) is 18.2 Å². The standard InChI is InChI=1S/C9H16N2S/c1-10-9(12)11-8-6-4-2-3-5-7(6)8/h6-8H,2-5H2,1H3,(H2,10,11,12). The molecule has 2 aliphatic rings. The summed E-state index contributed by atoms with van der Waals surface area (Å²) in [6, 6.07) is 0.701. The van der Waals surface area contributed by atoms with E-state index in [1.165, 1.54) is 25.7 Å². The van der Waals surface area contributed by atoms with Gasteiger partial charge in [0, 0.05) is 13.1 Å². The normalized spacial score (nSPS) is 38.2. The van der Waals surface area contributed by atoms with Gasteiger partial charge in [0.2, 0.25) is 0 Å². The molecule has 0 radical (unpaired) electrons. The first-order valence-corrected chi connectivity index (χ1v) is 5.22. The lowest BCUT2D eigenvalue weighted by Crippen LogP contribution is -2.35. The Morgan fingerprint density at radius 1 is 1.25 bits per heavy atom. The Labute approximate surface area is 79.1 Å². The predicted molar refractivity (Wildman–Crippen MR) is 54.0 cm³/mol. The summed E-state index contributed by atoms with van der Waals surface area (Å²) in [6.07, 6.45) is 5.67. The molecule has 0 saturated heterocycles. The fraction of sp³-hybridized carbons (Fsp3) is 0.889. The molecule has 2 N–H and O–H groups in total. The minimum atomic E-state index is 0.701. The van der Waals surface area contributed by atoms with E-state index in [9.17, 15) is 0 Å². The SMILES string of the molecule is CNC(=S)NC1C2CCCCC21. The van der Waals surface area contributed by atoms with Gasteiger partial charge in [-0.25, -0.2) is 0 Å². The van der Waals surface area contributed by atoms with Crippen molar-refractivity contribution in [1.29, 1.82) is 0 Å². The van der Waals surface area contributed by atoms with E-state index in [0.29, 0.717) is 6.04 Å². The highest BCUT2D eigenvalue weighted by Gasteiger charge is 2.50. The van der Waals surface area contributed by atoms with E-state index in [2.05, 4.69) is 10.6 Å². The summed E-state index contributed by atoms with van der Waals surface area (Å²) < 4.78 is 0. The molecule has 2 unspecified atom stereocenters. The monoisotopic (exact) mass is 184 g/mol. The minimum absolute atomic E-state index is 0.701. The third-order valence-electron chi connectivity index (χ3n) is 3.18. The van der Waals surface area contributed by atoms with Gasteiger partial charge in [0.15, 0.2) is 5.11 Å². The number of thiocarbonyl (C=S) groups is 1. The largest absolute Gasteiger partial charge is 0.366 e. The van der Waals surface area contributed by atoms with Crippen molar-refractivity contribution < 1.29 is 0 Å². The Bertz CT molecular complexity index is 181. The molecule has 0 aromatic carbocycles. The van der Waals surface area contributed by atoms with Crippen LogP contribution in [0.5, 0.6) is 0 Å². The lowest BCUT2D eigenvalue weighted by molar-refractivity contribution is 0.480. The Kier molecular flexibility index (Phi) is 2.22. The highest BCUT2D eigenvalue weighted by atomic mass is 32.1. The van der Waals surface area contributed by atoms with Gasteiger partial charge in [-0.1, -0.05) is 12.8 Å². The van der Waals surface area contributed by atoms with E-state index in [-0.39, 0.29) is 0 Å². The topological polar surface area (TPSA) is 24.1 Å².